The number of piperidine rings is 1. The van der Waals surface area contributed by atoms with Crippen molar-refractivity contribution in [2.75, 3.05) is 26.2 Å². The van der Waals surface area contributed by atoms with Gasteiger partial charge in [-0.3, -0.25) is 4.79 Å². The van der Waals surface area contributed by atoms with Gasteiger partial charge in [-0.2, -0.15) is 11.8 Å². The molecule has 0 saturated carbocycles. The van der Waals surface area contributed by atoms with Gasteiger partial charge >= 0.3 is 0 Å². The van der Waals surface area contributed by atoms with Crippen LogP contribution in [-0.4, -0.2) is 46.3 Å². The lowest BCUT2D eigenvalue weighted by Gasteiger charge is -2.31. The minimum Gasteiger partial charge on any atom is -0.329 e. The van der Waals surface area contributed by atoms with E-state index in [-0.39, 0.29) is 5.56 Å². The van der Waals surface area contributed by atoms with Gasteiger partial charge in [-0.05, 0) is 44.5 Å². The van der Waals surface area contributed by atoms with Crippen LogP contribution in [0.4, 0.5) is 0 Å². The third-order valence-corrected chi connectivity index (χ3v) is 5.81. The second-order valence-electron chi connectivity index (χ2n) is 6.12. The molecule has 5 nitrogen and oxygen atoms in total. The topological polar surface area (TPSA) is 75.0 Å². The summed E-state index contributed by atoms with van der Waals surface area (Å²) in [5.74, 6) is 1.55. The summed E-state index contributed by atoms with van der Waals surface area (Å²) in [6, 6.07) is 5.73. The number of aromatic nitrogens is 2. The van der Waals surface area contributed by atoms with E-state index >= 15 is 0 Å². The Hall–Kier alpha value is -1.37. The van der Waals surface area contributed by atoms with E-state index in [9.17, 15) is 4.79 Å². The molecule has 3 N–H and O–H groups in total. The van der Waals surface area contributed by atoms with Gasteiger partial charge in [0.15, 0.2) is 0 Å². The SMILES string of the molecule is Cc1cccc2c(=O)[nH]c(CSC3CCN(CCN)CC3)nc12. The van der Waals surface area contributed by atoms with Crippen molar-refractivity contribution in [3.8, 4) is 0 Å². The zero-order valence-corrected chi connectivity index (χ0v) is 14.4. The molecule has 3 rings (SSSR count). The molecule has 23 heavy (non-hydrogen) atoms. The van der Waals surface area contributed by atoms with E-state index in [1.807, 2.05) is 36.9 Å². The monoisotopic (exact) mass is 332 g/mol. The van der Waals surface area contributed by atoms with Gasteiger partial charge in [-0.15, -0.1) is 0 Å². The van der Waals surface area contributed by atoms with Crippen LogP contribution in [0.3, 0.4) is 0 Å². The van der Waals surface area contributed by atoms with Crippen LogP contribution in [-0.2, 0) is 5.75 Å². The largest absolute Gasteiger partial charge is 0.329 e. The predicted molar refractivity (Wildman–Crippen MR) is 96.9 cm³/mol. The van der Waals surface area contributed by atoms with Gasteiger partial charge in [0.2, 0.25) is 0 Å². The van der Waals surface area contributed by atoms with Crippen molar-refractivity contribution < 1.29 is 0 Å². The summed E-state index contributed by atoms with van der Waals surface area (Å²) in [4.78, 5) is 22.2. The van der Waals surface area contributed by atoms with Gasteiger partial charge in [0.1, 0.15) is 5.82 Å². The van der Waals surface area contributed by atoms with E-state index < -0.39 is 0 Å². The van der Waals surface area contributed by atoms with Crippen LogP contribution in [0.5, 0.6) is 0 Å². The fourth-order valence-corrected chi connectivity index (χ4v) is 4.17. The number of nitrogens with two attached hydrogens (primary N) is 1. The second kappa shape index (κ2) is 7.47. The lowest BCUT2D eigenvalue weighted by molar-refractivity contribution is 0.239. The fourth-order valence-electron chi connectivity index (χ4n) is 3.10. The van der Waals surface area contributed by atoms with Gasteiger partial charge in [0.25, 0.3) is 5.56 Å². The van der Waals surface area contributed by atoms with Crippen LogP contribution in [0.25, 0.3) is 10.9 Å². The number of rotatable bonds is 5. The summed E-state index contributed by atoms with van der Waals surface area (Å²) in [5, 5.41) is 1.32. The Labute approximate surface area is 140 Å². The van der Waals surface area contributed by atoms with Crippen LogP contribution < -0.4 is 11.3 Å². The Bertz CT molecular complexity index is 722. The molecule has 2 aromatic rings. The van der Waals surface area contributed by atoms with Gasteiger partial charge in [-0.1, -0.05) is 12.1 Å². The number of aryl methyl sites for hydroxylation is 1. The number of thioether (sulfide) groups is 1. The Morgan fingerprint density at radius 3 is 2.91 bits per heavy atom. The molecule has 2 heterocycles. The molecular formula is C17H24N4OS. The predicted octanol–water partition coefficient (Wildman–Crippen LogP) is 1.89. The number of nitrogens with one attached hydrogen (secondary N) is 1. The quantitative estimate of drug-likeness (QED) is 0.874. The maximum absolute atomic E-state index is 12.2. The van der Waals surface area contributed by atoms with E-state index in [0.29, 0.717) is 10.6 Å². The van der Waals surface area contributed by atoms with Crippen molar-refractivity contribution in [2.45, 2.75) is 30.8 Å². The summed E-state index contributed by atoms with van der Waals surface area (Å²) < 4.78 is 0. The Morgan fingerprint density at radius 2 is 2.17 bits per heavy atom. The molecule has 1 aromatic heterocycles. The number of aromatic amines is 1. The van der Waals surface area contributed by atoms with E-state index in [0.717, 1.165) is 48.8 Å². The van der Waals surface area contributed by atoms with Crippen LogP contribution in [0.1, 0.15) is 24.2 Å². The highest BCUT2D eigenvalue weighted by Gasteiger charge is 2.19. The third-order valence-electron chi connectivity index (χ3n) is 4.42. The number of hydrogen-bond acceptors (Lipinski definition) is 5. The highest BCUT2D eigenvalue weighted by molar-refractivity contribution is 7.99. The highest BCUT2D eigenvalue weighted by Crippen LogP contribution is 2.25. The number of benzene rings is 1. The second-order valence-corrected chi connectivity index (χ2v) is 7.41. The number of fused-ring (bicyclic) bond motifs is 1. The molecule has 1 fully saturated rings. The maximum Gasteiger partial charge on any atom is 0.258 e. The highest BCUT2D eigenvalue weighted by atomic mass is 32.2. The minimum absolute atomic E-state index is 0.0351. The van der Waals surface area contributed by atoms with Gasteiger partial charge < -0.3 is 15.6 Å². The molecule has 0 radical (unpaired) electrons. The molecule has 1 saturated heterocycles. The molecule has 1 aliphatic heterocycles. The van der Waals surface area contributed by atoms with Crippen LogP contribution in [0.15, 0.2) is 23.0 Å². The third kappa shape index (κ3) is 3.94. The van der Waals surface area contributed by atoms with Gasteiger partial charge in [0, 0.05) is 18.3 Å². The van der Waals surface area contributed by atoms with Crippen molar-refractivity contribution in [1.29, 1.82) is 0 Å². The number of likely N-dealkylation sites (tertiary alicyclic amines) is 1. The number of nitrogens with zero attached hydrogens (tertiary/aromatic N) is 2. The van der Waals surface area contributed by atoms with Gasteiger partial charge in [-0.25, -0.2) is 4.98 Å². The van der Waals surface area contributed by atoms with E-state index in [1.54, 1.807) is 0 Å². The molecule has 1 aliphatic rings. The van der Waals surface area contributed by atoms with Gasteiger partial charge in [0.05, 0.1) is 16.7 Å². The Morgan fingerprint density at radius 1 is 1.39 bits per heavy atom. The molecule has 0 spiro atoms. The molecule has 0 atom stereocenters. The van der Waals surface area contributed by atoms with E-state index in [2.05, 4.69) is 14.9 Å². The molecule has 1 aromatic carbocycles. The van der Waals surface area contributed by atoms with Crippen molar-refractivity contribution in [2.24, 2.45) is 5.73 Å². The Balaban J connectivity index is 1.64. The molecule has 6 heteroatoms. The summed E-state index contributed by atoms with van der Waals surface area (Å²) in [6.45, 7) is 5.97. The molecule has 0 bridgehead atoms. The van der Waals surface area contributed by atoms with E-state index in [1.165, 1.54) is 12.8 Å². The number of hydrogen-bond donors (Lipinski definition) is 2. The first-order valence-electron chi connectivity index (χ1n) is 8.20. The van der Waals surface area contributed by atoms with E-state index in [4.69, 9.17) is 5.73 Å². The van der Waals surface area contributed by atoms with Crippen molar-refractivity contribution >= 4 is 22.7 Å². The zero-order chi connectivity index (χ0) is 16.2. The first kappa shape index (κ1) is 16.5. The zero-order valence-electron chi connectivity index (χ0n) is 13.5. The van der Waals surface area contributed by atoms with Crippen molar-refractivity contribution in [3.05, 3.63) is 39.9 Å². The average Bonchev–Trinajstić information content (AvgIpc) is 2.56. The molecule has 0 aliphatic carbocycles. The normalized spacial score (nSPS) is 17.0. The van der Waals surface area contributed by atoms with Crippen LogP contribution in [0, 0.1) is 6.92 Å². The fraction of sp³-hybridized carbons (Fsp3) is 0.529. The smallest absolute Gasteiger partial charge is 0.258 e. The van der Waals surface area contributed by atoms with Crippen LogP contribution in [0.2, 0.25) is 0 Å². The maximum atomic E-state index is 12.2. The summed E-state index contributed by atoms with van der Waals surface area (Å²) >= 11 is 1.90. The molecule has 0 amide bonds. The average molecular weight is 332 g/mol. The lowest BCUT2D eigenvalue weighted by atomic mass is 10.1. The summed E-state index contributed by atoms with van der Waals surface area (Å²) in [7, 11) is 0. The Kier molecular flexibility index (Phi) is 5.35. The summed E-state index contributed by atoms with van der Waals surface area (Å²) in [6.07, 6.45) is 2.36. The first-order chi connectivity index (χ1) is 11.2. The summed E-state index contributed by atoms with van der Waals surface area (Å²) in [5.41, 5.74) is 7.45. The van der Waals surface area contributed by atoms with Crippen molar-refractivity contribution in [3.63, 3.8) is 0 Å². The first-order valence-corrected chi connectivity index (χ1v) is 9.25. The standard InChI is InChI=1S/C17H24N4OS/c1-12-3-2-4-14-16(12)19-15(20-17(14)22)11-23-13-5-8-21(9-6-13)10-7-18/h2-4,13H,5-11,18H2,1H3,(H,19,20,22). The van der Waals surface area contributed by atoms with Crippen molar-refractivity contribution in [1.82, 2.24) is 14.9 Å². The molecular weight excluding hydrogens is 308 g/mol. The number of para-hydroxylation sites is 1. The lowest BCUT2D eigenvalue weighted by Crippen LogP contribution is -2.37. The van der Waals surface area contributed by atoms with Crippen LogP contribution >= 0.6 is 11.8 Å². The number of H-pyrrole nitrogens is 1. The molecule has 124 valence electrons. The molecule has 0 unspecified atom stereocenters. The minimum atomic E-state index is -0.0351.